The Morgan fingerprint density at radius 3 is 2.67 bits per heavy atom. The second-order valence-electron chi connectivity index (χ2n) is 6.85. The summed E-state index contributed by atoms with van der Waals surface area (Å²) in [6, 6.07) is -0.227. The molecule has 2 N–H and O–H groups in total. The molecule has 2 aliphatic rings. The van der Waals surface area contributed by atoms with Crippen LogP contribution >= 0.6 is 11.8 Å². The summed E-state index contributed by atoms with van der Waals surface area (Å²) >= 11 is 1.31. The van der Waals surface area contributed by atoms with Gasteiger partial charge >= 0.3 is 6.03 Å². The Kier molecular flexibility index (Phi) is 5.43. The molecule has 2 aliphatic carbocycles. The van der Waals surface area contributed by atoms with Crippen LogP contribution in [0.2, 0.25) is 0 Å². The first-order valence-corrected chi connectivity index (χ1v) is 9.65. The Morgan fingerprint density at radius 1 is 1.21 bits per heavy atom. The molecule has 132 valence electrons. The van der Waals surface area contributed by atoms with E-state index in [9.17, 15) is 9.59 Å². The number of thioether (sulfide) groups is 1. The van der Waals surface area contributed by atoms with Gasteiger partial charge in [0.25, 0.3) is 0 Å². The highest BCUT2D eigenvalue weighted by Gasteiger charge is 2.29. The Bertz CT molecular complexity index is 614. The lowest BCUT2D eigenvalue weighted by atomic mass is 9.86. The number of aromatic nitrogens is 3. The van der Waals surface area contributed by atoms with Crippen molar-refractivity contribution in [1.29, 1.82) is 0 Å². The maximum absolute atomic E-state index is 12.0. The Hall–Kier alpha value is -1.57. The molecule has 1 aromatic rings. The van der Waals surface area contributed by atoms with Crippen LogP contribution in [0.15, 0.2) is 5.16 Å². The fraction of sp³-hybridized carbons (Fsp3) is 0.750. The van der Waals surface area contributed by atoms with E-state index in [0.29, 0.717) is 17.0 Å². The minimum absolute atomic E-state index is 0.157. The molecule has 2 fully saturated rings. The van der Waals surface area contributed by atoms with E-state index < -0.39 is 6.03 Å². The van der Waals surface area contributed by atoms with E-state index >= 15 is 0 Å². The van der Waals surface area contributed by atoms with Gasteiger partial charge in [-0.1, -0.05) is 31.5 Å². The first-order chi connectivity index (χ1) is 11.5. The highest BCUT2D eigenvalue weighted by molar-refractivity contribution is 7.99. The van der Waals surface area contributed by atoms with E-state index in [1.807, 2.05) is 11.6 Å². The summed E-state index contributed by atoms with van der Waals surface area (Å²) in [5, 5.41) is 14.4. The molecule has 0 spiro atoms. The van der Waals surface area contributed by atoms with E-state index in [0.717, 1.165) is 37.9 Å². The smallest absolute Gasteiger partial charge is 0.321 e. The molecule has 0 aliphatic heterocycles. The Balaban J connectivity index is 1.42. The molecule has 2 saturated carbocycles. The lowest BCUT2D eigenvalue weighted by molar-refractivity contribution is -0.117. The number of hydrogen-bond acceptors (Lipinski definition) is 5. The molecule has 1 heterocycles. The number of urea groups is 1. The molecule has 2 atom stereocenters. The van der Waals surface area contributed by atoms with Crippen molar-refractivity contribution in [3.05, 3.63) is 5.82 Å². The normalized spacial score (nSPS) is 23.8. The highest BCUT2D eigenvalue weighted by Crippen LogP contribution is 2.39. The first kappa shape index (κ1) is 17.3. The Morgan fingerprint density at radius 2 is 1.96 bits per heavy atom. The molecule has 0 bridgehead atoms. The number of nitrogens with zero attached hydrogens (tertiary/aromatic N) is 3. The second-order valence-corrected chi connectivity index (χ2v) is 7.80. The number of amides is 3. The van der Waals surface area contributed by atoms with Gasteiger partial charge in [0.15, 0.2) is 5.16 Å². The number of carbonyl (C=O) groups is 2. The average Bonchev–Trinajstić information content (AvgIpc) is 3.31. The van der Waals surface area contributed by atoms with Crippen LogP contribution in [-0.4, -0.2) is 38.5 Å². The van der Waals surface area contributed by atoms with Crippen molar-refractivity contribution in [2.24, 2.45) is 13.0 Å². The second kappa shape index (κ2) is 7.55. The molecular weight excluding hydrogens is 326 g/mol. The van der Waals surface area contributed by atoms with Crippen LogP contribution in [0.4, 0.5) is 4.79 Å². The number of imide groups is 1. The average molecular weight is 351 g/mol. The number of carbonyl (C=O) groups excluding carboxylic acids is 2. The van der Waals surface area contributed by atoms with Crippen LogP contribution in [0.25, 0.3) is 0 Å². The molecule has 7 nitrogen and oxygen atoms in total. The quantitative estimate of drug-likeness (QED) is 0.794. The van der Waals surface area contributed by atoms with Crippen LogP contribution < -0.4 is 10.6 Å². The van der Waals surface area contributed by atoms with Gasteiger partial charge in [0, 0.05) is 19.0 Å². The minimum atomic E-state index is -0.393. The molecule has 0 aromatic carbocycles. The van der Waals surface area contributed by atoms with Crippen molar-refractivity contribution in [3.8, 4) is 0 Å². The molecule has 3 rings (SSSR count). The molecule has 24 heavy (non-hydrogen) atoms. The van der Waals surface area contributed by atoms with E-state index in [-0.39, 0.29) is 17.7 Å². The van der Waals surface area contributed by atoms with Crippen molar-refractivity contribution >= 4 is 23.7 Å². The summed E-state index contributed by atoms with van der Waals surface area (Å²) < 4.78 is 1.94. The zero-order valence-electron chi connectivity index (χ0n) is 14.2. The summed E-state index contributed by atoms with van der Waals surface area (Å²) in [5.74, 6) is 1.82. The maximum atomic E-state index is 12.0. The van der Waals surface area contributed by atoms with Crippen molar-refractivity contribution in [3.63, 3.8) is 0 Å². The topological polar surface area (TPSA) is 88.9 Å². The van der Waals surface area contributed by atoms with Crippen molar-refractivity contribution in [2.45, 2.75) is 62.6 Å². The molecule has 3 amide bonds. The van der Waals surface area contributed by atoms with E-state index in [1.165, 1.54) is 18.2 Å². The summed E-state index contributed by atoms with van der Waals surface area (Å²) in [5.41, 5.74) is 0. The summed E-state index contributed by atoms with van der Waals surface area (Å²) in [6.45, 7) is 2.15. The summed E-state index contributed by atoms with van der Waals surface area (Å²) in [7, 11) is 1.92. The zero-order chi connectivity index (χ0) is 17.1. The number of hydrogen-bond donors (Lipinski definition) is 2. The van der Waals surface area contributed by atoms with Crippen molar-refractivity contribution in [1.82, 2.24) is 25.4 Å². The van der Waals surface area contributed by atoms with Gasteiger partial charge in [-0.05, 0) is 31.6 Å². The van der Waals surface area contributed by atoms with Crippen LogP contribution in [0.5, 0.6) is 0 Å². The SMILES string of the molecule is C[C@H]1CCCC[C@H]1NC(=O)NC(=O)CSc1nnc(C2CC2)n1C. The van der Waals surface area contributed by atoms with E-state index in [4.69, 9.17) is 0 Å². The minimum Gasteiger partial charge on any atom is -0.335 e. The van der Waals surface area contributed by atoms with Crippen LogP contribution in [-0.2, 0) is 11.8 Å². The van der Waals surface area contributed by atoms with Gasteiger partial charge in [-0.2, -0.15) is 0 Å². The lowest BCUT2D eigenvalue weighted by Crippen LogP contribution is -2.48. The van der Waals surface area contributed by atoms with Crippen molar-refractivity contribution in [2.75, 3.05) is 5.75 Å². The third-order valence-electron chi connectivity index (χ3n) is 4.82. The van der Waals surface area contributed by atoms with Gasteiger partial charge < -0.3 is 9.88 Å². The van der Waals surface area contributed by atoms with E-state index in [2.05, 4.69) is 27.8 Å². The largest absolute Gasteiger partial charge is 0.335 e. The molecular formula is C16H25N5O2S. The van der Waals surface area contributed by atoms with Gasteiger partial charge in [-0.3, -0.25) is 10.1 Å². The molecule has 1 aromatic heterocycles. The van der Waals surface area contributed by atoms with Gasteiger partial charge in [0.05, 0.1) is 5.75 Å². The van der Waals surface area contributed by atoms with Crippen LogP contribution in [0, 0.1) is 5.92 Å². The standard InChI is InChI=1S/C16H25N5O2S/c1-10-5-3-4-6-12(10)17-15(23)18-13(22)9-24-16-20-19-14(21(16)2)11-7-8-11/h10-12H,3-9H2,1-2H3,(H2,17,18,22,23)/t10-,12+/m0/s1. The maximum Gasteiger partial charge on any atom is 0.321 e. The fourth-order valence-corrected chi connectivity index (χ4v) is 3.89. The molecule has 0 saturated heterocycles. The number of nitrogens with one attached hydrogen (secondary N) is 2. The summed E-state index contributed by atoms with van der Waals surface area (Å²) in [4.78, 5) is 23.9. The first-order valence-electron chi connectivity index (χ1n) is 8.67. The van der Waals surface area contributed by atoms with Gasteiger partial charge in [0.1, 0.15) is 5.82 Å². The third-order valence-corrected chi connectivity index (χ3v) is 5.84. The predicted octanol–water partition coefficient (Wildman–Crippen LogP) is 2.19. The van der Waals surface area contributed by atoms with Gasteiger partial charge in [-0.15, -0.1) is 10.2 Å². The predicted molar refractivity (Wildman–Crippen MR) is 91.8 cm³/mol. The molecule has 0 radical (unpaired) electrons. The van der Waals surface area contributed by atoms with Crippen molar-refractivity contribution < 1.29 is 9.59 Å². The zero-order valence-corrected chi connectivity index (χ0v) is 15.1. The van der Waals surface area contributed by atoms with Crippen LogP contribution in [0.1, 0.15) is 57.2 Å². The monoisotopic (exact) mass is 351 g/mol. The van der Waals surface area contributed by atoms with Gasteiger partial charge in [0.2, 0.25) is 5.91 Å². The highest BCUT2D eigenvalue weighted by atomic mass is 32.2. The Labute approximate surface area is 146 Å². The molecule has 8 heteroatoms. The fourth-order valence-electron chi connectivity index (χ4n) is 3.18. The third kappa shape index (κ3) is 4.28. The summed E-state index contributed by atoms with van der Waals surface area (Å²) in [6.07, 6.45) is 6.80. The van der Waals surface area contributed by atoms with E-state index in [1.54, 1.807) is 0 Å². The number of rotatable bonds is 5. The molecule has 0 unspecified atom stereocenters. The lowest BCUT2D eigenvalue weighted by Gasteiger charge is -2.29. The van der Waals surface area contributed by atoms with Crippen LogP contribution in [0.3, 0.4) is 0 Å². The van der Waals surface area contributed by atoms with Gasteiger partial charge in [-0.25, -0.2) is 4.79 Å².